The first-order valence-corrected chi connectivity index (χ1v) is 12.8. The Kier molecular flexibility index (Phi) is 8.11. The lowest BCUT2D eigenvalue weighted by Crippen LogP contribution is -2.49. The average Bonchev–Trinajstić information content (AvgIpc) is 2.92. The Labute approximate surface area is 212 Å². The van der Waals surface area contributed by atoms with Crippen LogP contribution in [-0.2, 0) is 9.53 Å². The number of rotatable bonds is 8. The first-order chi connectivity index (χ1) is 17.3. The fourth-order valence-electron chi connectivity index (χ4n) is 4.99. The highest BCUT2D eigenvalue weighted by Gasteiger charge is 2.48. The van der Waals surface area contributed by atoms with E-state index in [2.05, 4.69) is 17.2 Å². The molecule has 0 saturated carbocycles. The molecule has 2 N–H and O–H groups in total. The number of hydrogen-bond acceptors (Lipinski definition) is 7. The molecule has 1 atom stereocenters. The molecule has 36 heavy (non-hydrogen) atoms. The van der Waals surface area contributed by atoms with E-state index in [9.17, 15) is 14.4 Å². The Balaban J connectivity index is 1.57. The summed E-state index contributed by atoms with van der Waals surface area (Å²) in [5.74, 6) is -1.10. The number of nitrogens with one attached hydrogen (secondary N) is 2. The molecule has 0 radical (unpaired) electrons. The largest absolute Gasteiger partial charge is 0.462 e. The molecule has 0 bridgehead atoms. The van der Waals surface area contributed by atoms with Gasteiger partial charge in [0.25, 0.3) is 0 Å². The van der Waals surface area contributed by atoms with Crippen molar-refractivity contribution >= 4 is 23.1 Å². The third-order valence-electron chi connectivity index (χ3n) is 7.03. The minimum Gasteiger partial charge on any atom is -0.462 e. The number of ether oxygens (including phenoxy) is 1. The van der Waals surface area contributed by atoms with Gasteiger partial charge in [-0.25, -0.2) is 0 Å². The zero-order valence-corrected chi connectivity index (χ0v) is 21.1. The molecule has 3 heterocycles. The molecule has 0 aliphatic carbocycles. The van der Waals surface area contributed by atoms with Crippen molar-refractivity contribution in [3.05, 3.63) is 71.6 Å². The number of pyridine rings is 1. The van der Waals surface area contributed by atoms with Crippen molar-refractivity contribution in [3.8, 4) is 0 Å². The predicted octanol–water partition coefficient (Wildman–Crippen LogP) is 4.30. The number of Topliss-reactive ketones (excluding diaryl/α,β-unsaturated/α-hetero) is 2. The van der Waals surface area contributed by atoms with Gasteiger partial charge in [-0.15, -0.1) is 0 Å². The summed E-state index contributed by atoms with van der Waals surface area (Å²) < 4.78 is 5.49. The summed E-state index contributed by atoms with van der Waals surface area (Å²) >= 11 is 0. The number of carbonyl (C=O) groups is 3. The second-order valence-electron chi connectivity index (χ2n) is 9.95. The van der Waals surface area contributed by atoms with Crippen LogP contribution in [0.3, 0.4) is 0 Å². The standard InChI is InChI=1S/C29H35N3O4/c1-19(2)36-28(35)29(13-16-30-17-14-29)27(34)22-9-6-8-21(18-22)26(33)20(3)23-11-7-12-25(32-23)24-10-4-5-15-31-24/h6-9,11-12,18-19,24,30-31H,3-5,10,13-17H2,1-2H3. The maximum atomic E-state index is 13.7. The normalized spacial score (nSPS) is 19.5. The van der Waals surface area contributed by atoms with E-state index >= 15 is 0 Å². The van der Waals surface area contributed by atoms with Crippen LogP contribution in [-0.4, -0.2) is 48.3 Å². The highest BCUT2D eigenvalue weighted by Crippen LogP contribution is 2.35. The average molecular weight is 490 g/mol. The Morgan fingerprint density at radius 1 is 1.03 bits per heavy atom. The van der Waals surface area contributed by atoms with Crippen LogP contribution in [0.4, 0.5) is 0 Å². The van der Waals surface area contributed by atoms with Crippen LogP contribution in [0.25, 0.3) is 5.57 Å². The lowest BCUT2D eigenvalue weighted by Gasteiger charge is -2.34. The molecule has 2 aromatic rings. The van der Waals surface area contributed by atoms with E-state index < -0.39 is 11.4 Å². The third kappa shape index (κ3) is 5.47. The first-order valence-electron chi connectivity index (χ1n) is 12.8. The van der Waals surface area contributed by atoms with E-state index in [1.165, 1.54) is 0 Å². The van der Waals surface area contributed by atoms with E-state index in [0.29, 0.717) is 42.8 Å². The van der Waals surface area contributed by atoms with Crippen LogP contribution in [0, 0.1) is 5.41 Å². The van der Waals surface area contributed by atoms with Crippen LogP contribution < -0.4 is 10.6 Å². The number of piperidine rings is 2. The van der Waals surface area contributed by atoms with Crippen LogP contribution in [0.2, 0.25) is 0 Å². The number of carbonyl (C=O) groups excluding carboxylic acids is 3. The fourth-order valence-corrected chi connectivity index (χ4v) is 4.99. The van der Waals surface area contributed by atoms with Crippen LogP contribution in [0.5, 0.6) is 0 Å². The topological polar surface area (TPSA) is 97.4 Å². The molecule has 4 rings (SSSR count). The molecule has 1 aromatic carbocycles. The second kappa shape index (κ2) is 11.3. The van der Waals surface area contributed by atoms with Crippen molar-refractivity contribution in [2.45, 2.75) is 58.1 Å². The van der Waals surface area contributed by atoms with Gasteiger partial charge >= 0.3 is 5.97 Å². The summed E-state index contributed by atoms with van der Waals surface area (Å²) in [6.07, 6.45) is 3.70. The van der Waals surface area contributed by atoms with E-state index in [1.807, 2.05) is 12.1 Å². The molecule has 0 spiro atoms. The molecule has 7 heteroatoms. The molecular weight excluding hydrogens is 454 g/mol. The number of nitrogens with zero attached hydrogens (tertiary/aromatic N) is 1. The predicted molar refractivity (Wildman–Crippen MR) is 139 cm³/mol. The Hall–Kier alpha value is -3.16. The summed E-state index contributed by atoms with van der Waals surface area (Å²) in [5.41, 5.74) is 1.11. The fraction of sp³-hybridized carbons (Fsp3) is 0.448. The second-order valence-corrected chi connectivity index (χ2v) is 9.95. The van der Waals surface area contributed by atoms with Gasteiger partial charge < -0.3 is 15.4 Å². The van der Waals surface area contributed by atoms with E-state index in [1.54, 1.807) is 44.2 Å². The lowest BCUT2D eigenvalue weighted by atomic mass is 9.73. The molecule has 0 amide bonds. The quantitative estimate of drug-likeness (QED) is 0.247. The van der Waals surface area contributed by atoms with Crippen LogP contribution in [0.1, 0.15) is 84.1 Å². The van der Waals surface area contributed by atoms with Crippen molar-refractivity contribution in [1.29, 1.82) is 0 Å². The van der Waals surface area contributed by atoms with Crippen molar-refractivity contribution < 1.29 is 19.1 Å². The van der Waals surface area contributed by atoms with Crippen molar-refractivity contribution in [1.82, 2.24) is 15.6 Å². The number of allylic oxidation sites excluding steroid dienone is 1. The first kappa shape index (κ1) is 25.9. The van der Waals surface area contributed by atoms with Crippen LogP contribution in [0.15, 0.2) is 49.0 Å². The van der Waals surface area contributed by atoms with Crippen molar-refractivity contribution in [2.24, 2.45) is 5.41 Å². The maximum absolute atomic E-state index is 13.7. The lowest BCUT2D eigenvalue weighted by molar-refractivity contribution is -0.158. The molecule has 2 saturated heterocycles. The SMILES string of the molecule is C=C(C(=O)c1cccc(C(=O)C2(C(=O)OC(C)C)CCNCC2)c1)c1cccc(C2CCCCN2)n1. The Bertz CT molecular complexity index is 1140. The molecule has 1 unspecified atom stereocenters. The number of ketones is 2. The molecule has 2 fully saturated rings. The zero-order valence-electron chi connectivity index (χ0n) is 21.1. The minimum atomic E-state index is -1.25. The third-order valence-corrected chi connectivity index (χ3v) is 7.03. The van der Waals surface area contributed by atoms with E-state index in [0.717, 1.165) is 31.5 Å². The monoisotopic (exact) mass is 489 g/mol. The molecular formula is C29H35N3O4. The number of aromatic nitrogens is 1. The number of hydrogen-bond donors (Lipinski definition) is 2. The van der Waals surface area contributed by atoms with Crippen molar-refractivity contribution in [3.63, 3.8) is 0 Å². The maximum Gasteiger partial charge on any atom is 0.320 e. The highest BCUT2D eigenvalue weighted by atomic mass is 16.5. The van der Waals surface area contributed by atoms with Gasteiger partial charge in [0.05, 0.1) is 17.5 Å². The van der Waals surface area contributed by atoms with Gasteiger partial charge in [-0.2, -0.15) is 0 Å². The zero-order chi connectivity index (χ0) is 25.7. The smallest absolute Gasteiger partial charge is 0.320 e. The van der Waals surface area contributed by atoms with E-state index in [-0.39, 0.29) is 29.3 Å². The molecule has 190 valence electrons. The van der Waals surface area contributed by atoms with Gasteiger partial charge in [-0.3, -0.25) is 19.4 Å². The summed E-state index contributed by atoms with van der Waals surface area (Å²) in [6.45, 7) is 9.63. The van der Waals surface area contributed by atoms with Gasteiger partial charge in [0.1, 0.15) is 5.41 Å². The van der Waals surface area contributed by atoms with Gasteiger partial charge in [0.15, 0.2) is 11.6 Å². The number of esters is 1. The summed E-state index contributed by atoms with van der Waals surface area (Å²) in [6, 6.07) is 12.4. The summed E-state index contributed by atoms with van der Waals surface area (Å²) in [5, 5.41) is 6.69. The molecule has 1 aromatic heterocycles. The van der Waals surface area contributed by atoms with Crippen LogP contribution >= 0.6 is 0 Å². The van der Waals surface area contributed by atoms with Gasteiger partial charge in [-0.1, -0.05) is 37.3 Å². The van der Waals surface area contributed by atoms with Gasteiger partial charge in [0, 0.05) is 22.7 Å². The Morgan fingerprint density at radius 2 is 1.75 bits per heavy atom. The van der Waals surface area contributed by atoms with Crippen molar-refractivity contribution in [2.75, 3.05) is 19.6 Å². The highest BCUT2D eigenvalue weighted by molar-refractivity contribution is 6.28. The minimum absolute atomic E-state index is 0.175. The Morgan fingerprint density at radius 3 is 2.44 bits per heavy atom. The van der Waals surface area contributed by atoms with E-state index in [4.69, 9.17) is 9.72 Å². The number of benzene rings is 1. The van der Waals surface area contributed by atoms with Gasteiger partial charge in [0.2, 0.25) is 0 Å². The summed E-state index contributed by atoms with van der Waals surface area (Å²) in [4.78, 5) is 44.8. The molecule has 2 aliphatic rings. The van der Waals surface area contributed by atoms with Gasteiger partial charge in [-0.05, 0) is 77.4 Å². The molecule has 7 nitrogen and oxygen atoms in total. The molecule has 2 aliphatic heterocycles. The summed E-state index contributed by atoms with van der Waals surface area (Å²) in [7, 11) is 0.